The lowest BCUT2D eigenvalue weighted by Gasteiger charge is -2.06. The minimum atomic E-state index is -0.589. The summed E-state index contributed by atoms with van der Waals surface area (Å²) in [4.78, 5) is 15.2. The van der Waals surface area contributed by atoms with Crippen LogP contribution in [0.2, 0.25) is 5.15 Å². The molecule has 1 rings (SSSR count). The van der Waals surface area contributed by atoms with Crippen molar-refractivity contribution in [3.05, 3.63) is 28.8 Å². The molecular formula is C11H14ClFN2O2. The van der Waals surface area contributed by atoms with Gasteiger partial charge in [-0.15, -0.1) is 0 Å². The molecular weight excluding hydrogens is 247 g/mol. The fourth-order valence-electron chi connectivity index (χ4n) is 1.20. The summed E-state index contributed by atoms with van der Waals surface area (Å²) in [6.45, 7) is 3.57. The van der Waals surface area contributed by atoms with Crippen molar-refractivity contribution in [2.75, 3.05) is 19.8 Å². The Labute approximate surface area is 104 Å². The highest BCUT2D eigenvalue weighted by Crippen LogP contribution is 2.13. The van der Waals surface area contributed by atoms with Crippen LogP contribution in [0.5, 0.6) is 0 Å². The molecule has 0 saturated heterocycles. The second kappa shape index (κ2) is 7.19. The van der Waals surface area contributed by atoms with Gasteiger partial charge in [-0.2, -0.15) is 0 Å². The highest BCUT2D eigenvalue weighted by Gasteiger charge is 2.11. The zero-order chi connectivity index (χ0) is 12.7. The topological polar surface area (TPSA) is 51.2 Å². The van der Waals surface area contributed by atoms with Crippen molar-refractivity contribution in [2.24, 2.45) is 0 Å². The second-order valence-corrected chi connectivity index (χ2v) is 3.66. The van der Waals surface area contributed by atoms with Gasteiger partial charge >= 0.3 is 0 Å². The highest BCUT2D eigenvalue weighted by molar-refractivity contribution is 6.32. The third kappa shape index (κ3) is 4.66. The van der Waals surface area contributed by atoms with E-state index in [1.807, 2.05) is 6.92 Å². The fourth-order valence-corrected chi connectivity index (χ4v) is 1.39. The zero-order valence-electron chi connectivity index (χ0n) is 9.50. The molecule has 1 heterocycles. The van der Waals surface area contributed by atoms with E-state index in [0.717, 1.165) is 12.3 Å². The van der Waals surface area contributed by atoms with E-state index in [2.05, 4.69) is 10.3 Å². The average Bonchev–Trinajstić information content (AvgIpc) is 2.32. The van der Waals surface area contributed by atoms with Crippen LogP contribution in [0.15, 0.2) is 12.3 Å². The van der Waals surface area contributed by atoms with Crippen molar-refractivity contribution >= 4 is 17.5 Å². The third-order valence-electron chi connectivity index (χ3n) is 2.01. The summed E-state index contributed by atoms with van der Waals surface area (Å²) >= 11 is 5.69. The van der Waals surface area contributed by atoms with Crippen molar-refractivity contribution in [3.8, 4) is 0 Å². The standard InChI is InChI=1S/C11H14ClFN2O2/c1-2-17-5-3-4-14-11(16)9-6-8(13)7-15-10(9)12/h6-7H,2-5H2,1H3,(H,14,16). The molecule has 17 heavy (non-hydrogen) atoms. The van der Waals surface area contributed by atoms with Gasteiger partial charge in [0.1, 0.15) is 11.0 Å². The van der Waals surface area contributed by atoms with Crippen molar-refractivity contribution in [1.29, 1.82) is 0 Å². The average molecular weight is 261 g/mol. The van der Waals surface area contributed by atoms with E-state index >= 15 is 0 Å². The Balaban J connectivity index is 2.44. The number of carbonyl (C=O) groups excluding carboxylic acids is 1. The number of nitrogens with one attached hydrogen (secondary N) is 1. The van der Waals surface area contributed by atoms with E-state index in [9.17, 15) is 9.18 Å². The van der Waals surface area contributed by atoms with Crippen LogP contribution >= 0.6 is 11.6 Å². The molecule has 1 N–H and O–H groups in total. The van der Waals surface area contributed by atoms with Crippen LogP contribution < -0.4 is 5.32 Å². The van der Waals surface area contributed by atoms with Gasteiger partial charge in [0, 0.05) is 19.8 Å². The van der Waals surface area contributed by atoms with Crippen molar-refractivity contribution in [2.45, 2.75) is 13.3 Å². The quantitative estimate of drug-likeness (QED) is 0.629. The molecule has 0 aromatic carbocycles. The summed E-state index contributed by atoms with van der Waals surface area (Å²) in [7, 11) is 0. The summed E-state index contributed by atoms with van der Waals surface area (Å²) in [5.41, 5.74) is 0.0445. The number of hydrogen-bond donors (Lipinski definition) is 1. The Hall–Kier alpha value is -1.20. The summed E-state index contributed by atoms with van der Waals surface area (Å²) in [5, 5.41) is 2.61. The molecule has 94 valence electrons. The number of aromatic nitrogens is 1. The summed E-state index contributed by atoms with van der Waals surface area (Å²) in [6.07, 6.45) is 1.66. The van der Waals surface area contributed by atoms with Crippen LogP contribution in [0.4, 0.5) is 4.39 Å². The summed E-state index contributed by atoms with van der Waals surface area (Å²) in [6, 6.07) is 1.06. The monoisotopic (exact) mass is 260 g/mol. The third-order valence-corrected chi connectivity index (χ3v) is 2.31. The lowest BCUT2D eigenvalue weighted by Crippen LogP contribution is -2.25. The maximum Gasteiger partial charge on any atom is 0.254 e. The molecule has 0 fully saturated rings. The molecule has 1 aromatic rings. The molecule has 0 aliphatic rings. The molecule has 0 aliphatic heterocycles. The van der Waals surface area contributed by atoms with Gasteiger partial charge in [-0.25, -0.2) is 9.37 Å². The maximum atomic E-state index is 12.9. The van der Waals surface area contributed by atoms with Gasteiger partial charge in [0.25, 0.3) is 5.91 Å². The van der Waals surface area contributed by atoms with Gasteiger partial charge in [0.15, 0.2) is 0 Å². The Morgan fingerprint density at radius 1 is 1.65 bits per heavy atom. The van der Waals surface area contributed by atoms with Gasteiger partial charge in [0.05, 0.1) is 11.8 Å². The Bertz CT molecular complexity index is 388. The SMILES string of the molecule is CCOCCCNC(=O)c1cc(F)cnc1Cl. The first-order valence-electron chi connectivity index (χ1n) is 5.32. The molecule has 0 radical (unpaired) electrons. The van der Waals surface area contributed by atoms with E-state index in [-0.39, 0.29) is 10.7 Å². The predicted molar refractivity (Wildman–Crippen MR) is 62.6 cm³/mol. The summed E-state index contributed by atoms with van der Waals surface area (Å²) in [5.74, 6) is -1.02. The molecule has 4 nitrogen and oxygen atoms in total. The molecule has 1 amide bonds. The number of amides is 1. The van der Waals surface area contributed by atoms with Crippen LogP contribution in [-0.2, 0) is 4.74 Å². The van der Waals surface area contributed by atoms with E-state index in [0.29, 0.717) is 26.2 Å². The van der Waals surface area contributed by atoms with E-state index in [1.165, 1.54) is 0 Å². The normalized spacial score (nSPS) is 10.3. The van der Waals surface area contributed by atoms with E-state index in [1.54, 1.807) is 0 Å². The van der Waals surface area contributed by atoms with Gasteiger partial charge in [-0.1, -0.05) is 11.6 Å². The highest BCUT2D eigenvalue weighted by atomic mass is 35.5. The molecule has 0 atom stereocenters. The first-order valence-corrected chi connectivity index (χ1v) is 5.70. The minimum absolute atomic E-state index is 0.00583. The van der Waals surface area contributed by atoms with Crippen LogP contribution in [-0.4, -0.2) is 30.6 Å². The Kier molecular flexibility index (Phi) is 5.86. The molecule has 1 aromatic heterocycles. The number of rotatable bonds is 6. The van der Waals surface area contributed by atoms with Crippen LogP contribution in [0.1, 0.15) is 23.7 Å². The van der Waals surface area contributed by atoms with Crippen molar-refractivity contribution < 1.29 is 13.9 Å². The van der Waals surface area contributed by atoms with E-state index < -0.39 is 11.7 Å². The number of halogens is 2. The second-order valence-electron chi connectivity index (χ2n) is 3.30. The number of nitrogens with zero attached hydrogens (tertiary/aromatic N) is 1. The molecule has 0 bridgehead atoms. The summed E-state index contributed by atoms with van der Waals surface area (Å²) < 4.78 is 18.0. The number of hydrogen-bond acceptors (Lipinski definition) is 3. The van der Waals surface area contributed by atoms with Crippen molar-refractivity contribution in [1.82, 2.24) is 10.3 Å². The maximum absolute atomic E-state index is 12.9. The van der Waals surface area contributed by atoms with Crippen LogP contribution in [0.3, 0.4) is 0 Å². The van der Waals surface area contributed by atoms with E-state index in [4.69, 9.17) is 16.3 Å². The van der Waals surface area contributed by atoms with Gasteiger partial charge in [0.2, 0.25) is 0 Å². The van der Waals surface area contributed by atoms with Gasteiger partial charge in [-0.3, -0.25) is 4.79 Å². The number of carbonyl (C=O) groups is 1. The molecule has 0 unspecified atom stereocenters. The Morgan fingerprint density at radius 3 is 3.12 bits per heavy atom. The minimum Gasteiger partial charge on any atom is -0.382 e. The lowest BCUT2D eigenvalue weighted by molar-refractivity contribution is 0.0943. The number of ether oxygens (including phenoxy) is 1. The van der Waals surface area contributed by atoms with Gasteiger partial charge in [-0.05, 0) is 19.4 Å². The number of pyridine rings is 1. The molecule has 0 aliphatic carbocycles. The molecule has 0 spiro atoms. The van der Waals surface area contributed by atoms with Crippen molar-refractivity contribution in [3.63, 3.8) is 0 Å². The fraction of sp³-hybridized carbons (Fsp3) is 0.455. The first kappa shape index (κ1) is 13.9. The van der Waals surface area contributed by atoms with Gasteiger partial charge < -0.3 is 10.1 Å². The zero-order valence-corrected chi connectivity index (χ0v) is 10.3. The Morgan fingerprint density at radius 2 is 2.41 bits per heavy atom. The molecule has 0 saturated carbocycles. The lowest BCUT2D eigenvalue weighted by atomic mass is 10.2. The first-order chi connectivity index (χ1) is 8.15. The predicted octanol–water partition coefficient (Wildman–Crippen LogP) is 2.03. The molecule has 6 heteroatoms. The van der Waals surface area contributed by atoms with Crippen LogP contribution in [0.25, 0.3) is 0 Å². The largest absolute Gasteiger partial charge is 0.382 e. The van der Waals surface area contributed by atoms with Crippen LogP contribution in [0, 0.1) is 5.82 Å². The smallest absolute Gasteiger partial charge is 0.254 e.